The van der Waals surface area contributed by atoms with Crippen molar-refractivity contribution in [3.8, 4) is 0 Å². The Labute approximate surface area is 147 Å². The van der Waals surface area contributed by atoms with Crippen molar-refractivity contribution in [2.24, 2.45) is 0 Å². The Morgan fingerprint density at radius 1 is 1.21 bits per heavy atom. The molecule has 5 nitrogen and oxygen atoms in total. The molecule has 24 heavy (non-hydrogen) atoms. The highest BCUT2D eigenvalue weighted by Crippen LogP contribution is 2.41. The molecule has 2 unspecified atom stereocenters. The number of carbonyl (C=O) groups excluding carboxylic acids is 2. The molecular formula is C18H25N3O2S. The number of benzene rings is 1. The van der Waals surface area contributed by atoms with E-state index in [9.17, 15) is 9.59 Å². The lowest BCUT2D eigenvalue weighted by atomic mass is 10.1. The van der Waals surface area contributed by atoms with Crippen LogP contribution in [0.2, 0.25) is 0 Å². The van der Waals surface area contributed by atoms with Crippen molar-refractivity contribution in [1.29, 1.82) is 0 Å². The van der Waals surface area contributed by atoms with E-state index in [1.165, 1.54) is 12.8 Å². The van der Waals surface area contributed by atoms with Gasteiger partial charge in [-0.1, -0.05) is 30.3 Å². The minimum absolute atomic E-state index is 0.0321. The molecule has 1 aromatic rings. The Balaban J connectivity index is 1.59. The summed E-state index contributed by atoms with van der Waals surface area (Å²) in [5.74, 6) is 0.568. The van der Waals surface area contributed by atoms with Gasteiger partial charge in [0.05, 0.1) is 0 Å². The summed E-state index contributed by atoms with van der Waals surface area (Å²) >= 11 is 1.66. The molecule has 0 spiro atoms. The number of hydrogen-bond donors (Lipinski definition) is 1. The van der Waals surface area contributed by atoms with Crippen molar-refractivity contribution in [3.63, 3.8) is 0 Å². The van der Waals surface area contributed by atoms with Gasteiger partial charge in [0.1, 0.15) is 11.4 Å². The number of hydrogen-bond acceptors (Lipinski definition) is 4. The Bertz CT molecular complexity index is 575. The van der Waals surface area contributed by atoms with E-state index in [2.05, 4.69) is 10.2 Å². The fraction of sp³-hybridized carbons (Fsp3) is 0.556. The second kappa shape index (κ2) is 8.03. The zero-order chi connectivity index (χ0) is 16.9. The fourth-order valence-electron chi connectivity index (χ4n) is 3.43. The zero-order valence-corrected chi connectivity index (χ0v) is 14.9. The summed E-state index contributed by atoms with van der Waals surface area (Å²) in [6.07, 6.45) is 2.51. The van der Waals surface area contributed by atoms with Crippen LogP contribution in [0.3, 0.4) is 0 Å². The molecular weight excluding hydrogens is 322 g/mol. The van der Waals surface area contributed by atoms with E-state index in [0.717, 1.165) is 25.2 Å². The number of nitrogens with one attached hydrogen (secondary N) is 1. The third kappa shape index (κ3) is 3.92. The normalized spacial score (nSPS) is 24.3. The molecule has 2 fully saturated rings. The van der Waals surface area contributed by atoms with Crippen molar-refractivity contribution in [2.75, 3.05) is 31.9 Å². The summed E-state index contributed by atoms with van der Waals surface area (Å²) in [7, 11) is 0. The number of rotatable bonds is 5. The molecule has 2 saturated heterocycles. The van der Waals surface area contributed by atoms with E-state index in [-0.39, 0.29) is 23.2 Å². The van der Waals surface area contributed by atoms with Crippen LogP contribution in [0, 0.1) is 0 Å². The molecule has 2 heterocycles. The van der Waals surface area contributed by atoms with Crippen molar-refractivity contribution >= 4 is 23.6 Å². The van der Waals surface area contributed by atoms with E-state index in [1.54, 1.807) is 23.6 Å². The highest BCUT2D eigenvalue weighted by atomic mass is 32.2. The predicted molar refractivity (Wildman–Crippen MR) is 96.6 cm³/mol. The van der Waals surface area contributed by atoms with Gasteiger partial charge >= 0.3 is 0 Å². The maximum Gasteiger partial charge on any atom is 0.243 e. The highest BCUT2D eigenvalue weighted by Gasteiger charge is 2.40. The van der Waals surface area contributed by atoms with Gasteiger partial charge in [-0.05, 0) is 31.5 Å². The van der Waals surface area contributed by atoms with Gasteiger partial charge in [-0.25, -0.2) is 0 Å². The first-order chi connectivity index (χ1) is 11.7. The Morgan fingerprint density at radius 2 is 1.92 bits per heavy atom. The molecule has 0 aromatic heterocycles. The van der Waals surface area contributed by atoms with Gasteiger partial charge in [-0.15, -0.1) is 11.8 Å². The van der Waals surface area contributed by atoms with Crippen molar-refractivity contribution in [1.82, 2.24) is 15.1 Å². The van der Waals surface area contributed by atoms with Crippen LogP contribution in [-0.4, -0.2) is 59.6 Å². The van der Waals surface area contributed by atoms with Crippen molar-refractivity contribution in [2.45, 2.75) is 31.2 Å². The lowest BCUT2D eigenvalue weighted by Crippen LogP contribution is -2.48. The van der Waals surface area contributed by atoms with Crippen LogP contribution < -0.4 is 5.32 Å². The molecule has 0 bridgehead atoms. The van der Waals surface area contributed by atoms with Crippen LogP contribution in [0.15, 0.2) is 30.3 Å². The minimum Gasteiger partial charge on any atom is -0.353 e. The average molecular weight is 347 g/mol. The van der Waals surface area contributed by atoms with E-state index in [1.807, 2.05) is 30.3 Å². The minimum atomic E-state index is -0.378. The Kier molecular flexibility index (Phi) is 5.79. The SMILES string of the molecule is CC(=O)N1C(C(=O)NCCN2CCCC2)CSC1c1ccccc1. The second-order valence-electron chi connectivity index (χ2n) is 6.38. The maximum atomic E-state index is 12.6. The molecule has 0 saturated carbocycles. The van der Waals surface area contributed by atoms with Crippen LogP contribution in [0.1, 0.15) is 30.7 Å². The number of carbonyl (C=O) groups is 2. The topological polar surface area (TPSA) is 52.7 Å². The van der Waals surface area contributed by atoms with Crippen LogP contribution in [0.4, 0.5) is 0 Å². The van der Waals surface area contributed by atoms with Gasteiger partial charge in [0.25, 0.3) is 0 Å². The van der Waals surface area contributed by atoms with Gasteiger partial charge in [0.2, 0.25) is 11.8 Å². The van der Waals surface area contributed by atoms with Gasteiger partial charge in [-0.3, -0.25) is 9.59 Å². The van der Waals surface area contributed by atoms with E-state index in [4.69, 9.17) is 0 Å². The van der Waals surface area contributed by atoms with Crippen LogP contribution >= 0.6 is 11.8 Å². The maximum absolute atomic E-state index is 12.6. The largest absolute Gasteiger partial charge is 0.353 e. The summed E-state index contributed by atoms with van der Waals surface area (Å²) in [4.78, 5) is 28.8. The Hall–Kier alpha value is -1.53. The lowest BCUT2D eigenvalue weighted by molar-refractivity contribution is -0.138. The summed E-state index contributed by atoms with van der Waals surface area (Å²) in [6.45, 7) is 5.36. The lowest BCUT2D eigenvalue weighted by Gasteiger charge is -2.28. The third-order valence-electron chi connectivity index (χ3n) is 4.68. The van der Waals surface area contributed by atoms with Crippen LogP contribution in [-0.2, 0) is 9.59 Å². The summed E-state index contributed by atoms with van der Waals surface area (Å²) in [6, 6.07) is 9.55. The van der Waals surface area contributed by atoms with Gasteiger partial charge in [0.15, 0.2) is 0 Å². The zero-order valence-electron chi connectivity index (χ0n) is 14.1. The molecule has 1 aromatic carbocycles. The smallest absolute Gasteiger partial charge is 0.243 e. The molecule has 1 N–H and O–H groups in total. The number of thioether (sulfide) groups is 1. The predicted octanol–water partition coefficient (Wildman–Crippen LogP) is 1.86. The molecule has 2 aliphatic rings. The quantitative estimate of drug-likeness (QED) is 0.883. The standard InChI is InChI=1S/C18H25N3O2S/c1-14(22)21-16(13-24-18(21)15-7-3-2-4-8-15)17(23)19-9-12-20-10-5-6-11-20/h2-4,7-8,16,18H,5-6,9-13H2,1H3,(H,19,23). The average Bonchev–Trinajstić information content (AvgIpc) is 3.25. The van der Waals surface area contributed by atoms with E-state index < -0.39 is 0 Å². The van der Waals surface area contributed by atoms with Gasteiger partial charge in [-0.2, -0.15) is 0 Å². The van der Waals surface area contributed by atoms with Gasteiger partial charge in [0, 0.05) is 25.8 Å². The van der Waals surface area contributed by atoms with Crippen LogP contribution in [0.25, 0.3) is 0 Å². The molecule has 2 atom stereocenters. The molecule has 3 rings (SSSR count). The molecule has 2 aliphatic heterocycles. The summed E-state index contributed by atoms with van der Waals surface area (Å²) in [5.41, 5.74) is 1.07. The molecule has 0 radical (unpaired) electrons. The molecule has 130 valence electrons. The first kappa shape index (κ1) is 17.3. The molecule has 2 amide bonds. The number of nitrogens with zero attached hydrogens (tertiary/aromatic N) is 2. The summed E-state index contributed by atoms with van der Waals surface area (Å²) in [5, 5.41) is 2.95. The van der Waals surface area contributed by atoms with E-state index in [0.29, 0.717) is 12.3 Å². The van der Waals surface area contributed by atoms with Crippen LogP contribution in [0.5, 0.6) is 0 Å². The highest BCUT2D eigenvalue weighted by molar-refractivity contribution is 7.99. The van der Waals surface area contributed by atoms with E-state index >= 15 is 0 Å². The van der Waals surface area contributed by atoms with Gasteiger partial charge < -0.3 is 15.1 Å². The monoisotopic (exact) mass is 347 g/mol. The first-order valence-electron chi connectivity index (χ1n) is 8.62. The van der Waals surface area contributed by atoms with Crippen molar-refractivity contribution in [3.05, 3.63) is 35.9 Å². The first-order valence-corrected chi connectivity index (χ1v) is 9.67. The second-order valence-corrected chi connectivity index (χ2v) is 7.49. The number of likely N-dealkylation sites (tertiary alicyclic amines) is 1. The summed E-state index contributed by atoms with van der Waals surface area (Å²) < 4.78 is 0. The van der Waals surface area contributed by atoms with Crippen molar-refractivity contribution < 1.29 is 9.59 Å². The Morgan fingerprint density at radius 3 is 2.58 bits per heavy atom. The molecule has 0 aliphatic carbocycles. The third-order valence-corrected chi connectivity index (χ3v) is 6.00. The molecule has 6 heteroatoms. The fourth-order valence-corrected chi connectivity index (χ4v) is 4.91. The number of amides is 2.